The number of benzene rings is 2. The average molecular weight is 443 g/mol. The van der Waals surface area contributed by atoms with Gasteiger partial charge in [-0.2, -0.15) is 0 Å². The number of nitrogens with zero attached hydrogens (tertiary/aromatic N) is 1. The third-order valence-electron chi connectivity index (χ3n) is 5.82. The van der Waals surface area contributed by atoms with Crippen molar-refractivity contribution in [2.45, 2.75) is 19.8 Å². The summed E-state index contributed by atoms with van der Waals surface area (Å²) in [5.41, 5.74) is 11.1. The van der Waals surface area contributed by atoms with Crippen LogP contribution in [0, 0.1) is 5.92 Å². The van der Waals surface area contributed by atoms with E-state index < -0.39 is 18.5 Å². The quantitative estimate of drug-likeness (QED) is 0.639. The van der Waals surface area contributed by atoms with E-state index in [4.69, 9.17) is 15.6 Å². The standard InChI is InChI=1S/C27H26N2O4/c1-2-21-22(16-20-12-7-6-11-19(20)15-18-9-4-3-5-10-18)29-14-8-13-23(33-17-24(30)31)26(29)25(21)27(28)32/h3-14,16,21H,2,15,17H2,1H3,(H2,28,32)(H,30,31)/b22-16-. The first kappa shape index (κ1) is 22.1. The van der Waals surface area contributed by atoms with Gasteiger partial charge in [0.1, 0.15) is 5.76 Å². The van der Waals surface area contributed by atoms with Gasteiger partial charge in [0, 0.05) is 17.8 Å². The van der Waals surface area contributed by atoms with Gasteiger partial charge in [0.15, 0.2) is 6.61 Å². The molecule has 0 saturated heterocycles. The predicted molar refractivity (Wildman–Crippen MR) is 126 cm³/mol. The molecule has 2 aliphatic rings. The van der Waals surface area contributed by atoms with Gasteiger partial charge >= 0.3 is 5.97 Å². The lowest BCUT2D eigenvalue weighted by Crippen LogP contribution is -2.21. The third kappa shape index (κ3) is 4.60. The molecule has 0 saturated carbocycles. The third-order valence-corrected chi connectivity index (χ3v) is 5.82. The molecule has 2 heterocycles. The molecule has 0 bridgehead atoms. The van der Waals surface area contributed by atoms with Crippen LogP contribution in [-0.4, -0.2) is 28.5 Å². The van der Waals surface area contributed by atoms with E-state index in [1.165, 1.54) is 11.1 Å². The summed E-state index contributed by atoms with van der Waals surface area (Å²) >= 11 is 0. The number of rotatable bonds is 8. The monoisotopic (exact) mass is 442 g/mol. The predicted octanol–water partition coefficient (Wildman–Crippen LogP) is 4.21. The number of fused-ring (bicyclic) bond motifs is 1. The minimum Gasteiger partial charge on any atom is -0.480 e. The molecule has 1 unspecified atom stereocenters. The first-order chi connectivity index (χ1) is 16.0. The molecule has 2 aromatic carbocycles. The van der Waals surface area contributed by atoms with Crippen LogP contribution < -0.4 is 5.73 Å². The minimum atomic E-state index is -1.09. The van der Waals surface area contributed by atoms with Gasteiger partial charge in [0.05, 0.1) is 11.3 Å². The van der Waals surface area contributed by atoms with Crippen molar-refractivity contribution in [2.24, 2.45) is 11.7 Å². The Morgan fingerprint density at radius 2 is 1.85 bits per heavy atom. The Hall–Kier alpha value is -4.06. The van der Waals surface area contributed by atoms with Crippen LogP contribution in [0.5, 0.6) is 0 Å². The van der Waals surface area contributed by atoms with E-state index in [1.807, 2.05) is 48.4 Å². The van der Waals surface area contributed by atoms with E-state index in [0.717, 1.165) is 17.7 Å². The molecule has 0 radical (unpaired) electrons. The van der Waals surface area contributed by atoms with Crippen LogP contribution in [0.2, 0.25) is 0 Å². The van der Waals surface area contributed by atoms with Crippen LogP contribution in [0.25, 0.3) is 6.08 Å². The van der Waals surface area contributed by atoms with Crippen molar-refractivity contribution in [3.8, 4) is 0 Å². The second-order valence-electron chi connectivity index (χ2n) is 7.94. The molecule has 168 valence electrons. The lowest BCUT2D eigenvalue weighted by atomic mass is 9.92. The molecule has 1 atom stereocenters. The van der Waals surface area contributed by atoms with Crippen molar-refractivity contribution < 1.29 is 19.4 Å². The Kier molecular flexibility index (Phi) is 6.45. The number of carboxylic acids is 1. The Morgan fingerprint density at radius 3 is 2.55 bits per heavy atom. The molecule has 0 fully saturated rings. The van der Waals surface area contributed by atoms with Crippen LogP contribution in [0.4, 0.5) is 0 Å². The van der Waals surface area contributed by atoms with Gasteiger partial charge in [0.2, 0.25) is 5.91 Å². The summed E-state index contributed by atoms with van der Waals surface area (Å²) in [5, 5.41) is 9.05. The summed E-state index contributed by atoms with van der Waals surface area (Å²) in [4.78, 5) is 25.5. The highest BCUT2D eigenvalue weighted by Gasteiger charge is 2.40. The van der Waals surface area contributed by atoms with Crippen molar-refractivity contribution in [3.63, 3.8) is 0 Å². The summed E-state index contributed by atoms with van der Waals surface area (Å²) in [6, 6.07) is 18.4. The number of hydrogen-bond donors (Lipinski definition) is 2. The van der Waals surface area contributed by atoms with Crippen molar-refractivity contribution in [3.05, 3.63) is 112 Å². The molecule has 6 nitrogen and oxygen atoms in total. The van der Waals surface area contributed by atoms with Crippen LogP contribution in [0.15, 0.2) is 95.7 Å². The fraction of sp³-hybridized carbons (Fsp3) is 0.185. The molecule has 1 amide bonds. The summed E-state index contributed by atoms with van der Waals surface area (Å²) in [6.07, 6.45) is 8.83. The van der Waals surface area contributed by atoms with Crippen LogP contribution in [0.3, 0.4) is 0 Å². The van der Waals surface area contributed by atoms with Gasteiger partial charge in [-0.05, 0) is 47.8 Å². The first-order valence-corrected chi connectivity index (χ1v) is 10.9. The number of carbonyl (C=O) groups excluding carboxylic acids is 1. The number of hydrogen-bond acceptors (Lipinski definition) is 4. The van der Waals surface area contributed by atoms with E-state index in [2.05, 4.69) is 30.3 Å². The molecule has 4 rings (SSSR count). The lowest BCUT2D eigenvalue weighted by molar-refractivity contribution is -0.140. The molecule has 0 aliphatic carbocycles. The molecular weight excluding hydrogens is 416 g/mol. The maximum Gasteiger partial charge on any atom is 0.341 e. The average Bonchev–Trinajstić information content (AvgIpc) is 3.13. The number of ether oxygens (including phenoxy) is 1. The zero-order valence-electron chi connectivity index (χ0n) is 18.4. The molecular formula is C27H26N2O4. The SMILES string of the molecule is CCC1C(C(N)=O)=C2C(OCC(=O)O)=CC=CN2/C1=C\c1ccccc1Cc1ccccc1. The molecule has 0 aromatic heterocycles. The second kappa shape index (κ2) is 9.61. The second-order valence-corrected chi connectivity index (χ2v) is 7.94. The highest BCUT2D eigenvalue weighted by Crippen LogP contribution is 2.44. The van der Waals surface area contributed by atoms with Crippen LogP contribution >= 0.6 is 0 Å². The van der Waals surface area contributed by atoms with Crippen molar-refractivity contribution in [1.82, 2.24) is 4.90 Å². The zero-order valence-corrected chi connectivity index (χ0v) is 18.4. The fourth-order valence-electron chi connectivity index (χ4n) is 4.39. The summed E-state index contributed by atoms with van der Waals surface area (Å²) in [5.74, 6) is -1.54. The Balaban J connectivity index is 1.76. The van der Waals surface area contributed by atoms with E-state index in [-0.39, 0.29) is 5.92 Å². The number of primary amides is 1. The summed E-state index contributed by atoms with van der Waals surface area (Å²) in [6.45, 7) is 1.50. The Labute approximate surface area is 193 Å². The van der Waals surface area contributed by atoms with Crippen molar-refractivity contribution in [2.75, 3.05) is 6.61 Å². The first-order valence-electron chi connectivity index (χ1n) is 10.9. The van der Waals surface area contributed by atoms with E-state index in [1.54, 1.807) is 12.2 Å². The van der Waals surface area contributed by atoms with Gasteiger partial charge in [-0.15, -0.1) is 0 Å². The van der Waals surface area contributed by atoms with E-state index >= 15 is 0 Å². The largest absolute Gasteiger partial charge is 0.480 e. The fourth-order valence-corrected chi connectivity index (χ4v) is 4.39. The van der Waals surface area contributed by atoms with Crippen LogP contribution in [-0.2, 0) is 20.7 Å². The number of nitrogens with two attached hydrogens (primary N) is 1. The smallest absolute Gasteiger partial charge is 0.341 e. The highest BCUT2D eigenvalue weighted by atomic mass is 16.5. The van der Waals surface area contributed by atoms with Crippen LogP contribution in [0.1, 0.15) is 30.0 Å². The molecule has 33 heavy (non-hydrogen) atoms. The van der Waals surface area contributed by atoms with Gasteiger partial charge in [-0.3, -0.25) is 4.79 Å². The molecule has 2 aliphatic heterocycles. The topological polar surface area (TPSA) is 92.9 Å². The number of aliphatic carboxylic acids is 1. The van der Waals surface area contributed by atoms with Gasteiger partial charge < -0.3 is 20.5 Å². The summed E-state index contributed by atoms with van der Waals surface area (Å²) in [7, 11) is 0. The van der Waals surface area contributed by atoms with Gasteiger partial charge in [0.25, 0.3) is 0 Å². The molecule has 3 N–H and O–H groups in total. The van der Waals surface area contributed by atoms with Gasteiger partial charge in [-0.25, -0.2) is 4.79 Å². The molecule has 6 heteroatoms. The maximum absolute atomic E-state index is 12.5. The van der Waals surface area contributed by atoms with E-state index in [0.29, 0.717) is 23.5 Å². The summed E-state index contributed by atoms with van der Waals surface area (Å²) < 4.78 is 5.51. The minimum absolute atomic E-state index is 0.234. The van der Waals surface area contributed by atoms with Crippen molar-refractivity contribution >= 4 is 18.0 Å². The van der Waals surface area contributed by atoms with Gasteiger partial charge in [-0.1, -0.05) is 61.5 Å². The van der Waals surface area contributed by atoms with E-state index in [9.17, 15) is 9.59 Å². The Morgan fingerprint density at radius 1 is 1.12 bits per heavy atom. The number of carboxylic acid groups (broad SMARTS) is 1. The number of amides is 1. The number of carbonyl (C=O) groups is 2. The normalized spacial score (nSPS) is 18.3. The van der Waals surface area contributed by atoms with Crippen molar-refractivity contribution in [1.29, 1.82) is 0 Å². The Bertz CT molecular complexity index is 1190. The maximum atomic E-state index is 12.5. The lowest BCUT2D eigenvalue weighted by Gasteiger charge is -2.25. The highest BCUT2D eigenvalue weighted by molar-refractivity contribution is 5.96. The zero-order chi connectivity index (χ0) is 23.4. The molecule has 2 aromatic rings. The number of allylic oxidation sites excluding steroid dienone is 3. The molecule has 0 spiro atoms.